The Morgan fingerprint density at radius 3 is 2.38 bits per heavy atom. The summed E-state index contributed by atoms with van der Waals surface area (Å²) in [6.45, 7) is 0. The van der Waals surface area contributed by atoms with E-state index in [0.717, 1.165) is 6.07 Å². The molecule has 0 saturated heterocycles. The smallest absolute Gasteiger partial charge is 0.423 e. The average molecular weight is 222 g/mol. The van der Waals surface area contributed by atoms with Gasteiger partial charge in [0.15, 0.2) is 0 Å². The van der Waals surface area contributed by atoms with Crippen molar-refractivity contribution in [2.24, 2.45) is 0 Å². The van der Waals surface area contributed by atoms with Crippen molar-refractivity contribution < 1.29 is 18.8 Å². The van der Waals surface area contributed by atoms with Gasteiger partial charge in [-0.2, -0.15) is 0 Å². The number of hydrogen-bond donors (Lipinski definition) is 2. The Hall–Kier alpha value is -1.46. The highest BCUT2D eigenvalue weighted by Gasteiger charge is 2.18. The van der Waals surface area contributed by atoms with Gasteiger partial charge >= 0.3 is 7.12 Å². The van der Waals surface area contributed by atoms with Crippen molar-refractivity contribution in [3.8, 4) is 0 Å². The Labute approximate surface area is 91.3 Å². The van der Waals surface area contributed by atoms with E-state index in [1.165, 1.54) is 6.07 Å². The van der Waals surface area contributed by atoms with Gasteiger partial charge in [-0.1, -0.05) is 30.3 Å². The summed E-state index contributed by atoms with van der Waals surface area (Å²) >= 11 is 0. The van der Waals surface area contributed by atoms with Crippen LogP contribution < -0.4 is 5.46 Å². The first-order valence-electron chi connectivity index (χ1n) is 4.76. The summed E-state index contributed by atoms with van der Waals surface area (Å²) in [5.41, 5.74) is -0.102. The van der Waals surface area contributed by atoms with Gasteiger partial charge in [0.1, 0.15) is 0 Å². The van der Waals surface area contributed by atoms with Gasteiger partial charge < -0.3 is 10.0 Å². The summed E-state index contributed by atoms with van der Waals surface area (Å²) in [7, 11) is -1.75. The van der Waals surface area contributed by atoms with Crippen molar-refractivity contribution >= 4 is 23.4 Å². The molecule has 0 bridgehead atoms. The molecule has 82 valence electrons. The second-order valence-corrected chi connectivity index (χ2v) is 3.51. The third kappa shape index (κ3) is 1.92. The van der Waals surface area contributed by atoms with Crippen molar-refractivity contribution in [2.75, 3.05) is 0 Å². The first kappa shape index (κ1) is 11.0. The van der Waals surface area contributed by atoms with Crippen molar-refractivity contribution in [2.45, 2.75) is 6.43 Å². The van der Waals surface area contributed by atoms with E-state index in [9.17, 15) is 8.78 Å². The van der Waals surface area contributed by atoms with E-state index < -0.39 is 13.5 Å². The lowest BCUT2D eigenvalue weighted by Gasteiger charge is -2.09. The SMILES string of the molecule is OB(O)c1cc(C(F)F)cc2ccccc12. The van der Waals surface area contributed by atoms with Crippen LogP contribution in [0.1, 0.15) is 12.0 Å². The van der Waals surface area contributed by atoms with Crippen LogP contribution >= 0.6 is 0 Å². The molecule has 0 aliphatic heterocycles. The number of rotatable bonds is 2. The van der Waals surface area contributed by atoms with E-state index >= 15 is 0 Å². The highest BCUT2D eigenvalue weighted by molar-refractivity contribution is 6.62. The molecule has 0 aliphatic rings. The molecule has 5 heteroatoms. The van der Waals surface area contributed by atoms with Crippen LogP contribution in [0.3, 0.4) is 0 Å². The van der Waals surface area contributed by atoms with Crippen LogP contribution in [0.15, 0.2) is 36.4 Å². The van der Waals surface area contributed by atoms with E-state index in [2.05, 4.69) is 0 Å². The minimum atomic E-state index is -2.62. The van der Waals surface area contributed by atoms with Crippen LogP contribution in [0.5, 0.6) is 0 Å². The second kappa shape index (κ2) is 4.19. The lowest BCUT2D eigenvalue weighted by Crippen LogP contribution is -2.31. The number of halogens is 2. The van der Waals surface area contributed by atoms with Crippen LogP contribution in [0.4, 0.5) is 8.78 Å². The molecule has 2 N–H and O–H groups in total. The molecule has 2 nitrogen and oxygen atoms in total. The zero-order valence-corrected chi connectivity index (χ0v) is 8.27. The largest absolute Gasteiger partial charge is 0.489 e. The van der Waals surface area contributed by atoms with Crippen molar-refractivity contribution in [1.82, 2.24) is 0 Å². The molecule has 0 atom stereocenters. The van der Waals surface area contributed by atoms with Gasteiger partial charge in [-0.25, -0.2) is 8.78 Å². The maximum absolute atomic E-state index is 12.6. The molecular weight excluding hydrogens is 213 g/mol. The Morgan fingerprint density at radius 2 is 1.75 bits per heavy atom. The Morgan fingerprint density at radius 1 is 1.06 bits per heavy atom. The van der Waals surface area contributed by atoms with Crippen molar-refractivity contribution in [3.63, 3.8) is 0 Å². The molecular formula is C11H9BF2O2. The molecule has 0 heterocycles. The standard InChI is InChI=1S/C11H9BF2O2/c13-11(14)8-5-7-3-1-2-4-9(7)10(6-8)12(15)16/h1-6,11,15-16H. The lowest BCUT2D eigenvalue weighted by molar-refractivity contribution is 0.151. The average Bonchev–Trinajstić information content (AvgIpc) is 2.27. The molecule has 0 saturated carbocycles. The van der Waals surface area contributed by atoms with Crippen molar-refractivity contribution in [3.05, 3.63) is 42.0 Å². The fraction of sp³-hybridized carbons (Fsp3) is 0.0909. The van der Waals surface area contributed by atoms with Crippen molar-refractivity contribution in [1.29, 1.82) is 0 Å². The maximum Gasteiger partial charge on any atom is 0.489 e. The molecule has 2 rings (SSSR count). The van der Waals surface area contributed by atoms with Crippen LogP contribution in [0, 0.1) is 0 Å². The molecule has 0 unspecified atom stereocenters. The van der Waals surface area contributed by atoms with Crippen LogP contribution in [0.2, 0.25) is 0 Å². The molecule has 0 fully saturated rings. The summed E-state index contributed by atoms with van der Waals surface area (Å²) in [5.74, 6) is 0. The first-order chi connectivity index (χ1) is 7.59. The molecule has 2 aromatic carbocycles. The highest BCUT2D eigenvalue weighted by atomic mass is 19.3. The van der Waals surface area contributed by atoms with Gasteiger partial charge in [-0.05, 0) is 22.3 Å². The van der Waals surface area contributed by atoms with Gasteiger partial charge in [-0.15, -0.1) is 0 Å². The topological polar surface area (TPSA) is 40.5 Å². The molecule has 0 amide bonds. The summed E-state index contributed by atoms with van der Waals surface area (Å²) < 4.78 is 25.2. The molecule has 0 radical (unpaired) electrons. The van der Waals surface area contributed by atoms with Crippen LogP contribution in [0.25, 0.3) is 10.8 Å². The normalized spacial score (nSPS) is 11.1. The fourth-order valence-corrected chi connectivity index (χ4v) is 1.70. The lowest BCUT2D eigenvalue weighted by atomic mass is 9.76. The predicted octanol–water partition coefficient (Wildman–Crippen LogP) is 1.46. The monoisotopic (exact) mass is 222 g/mol. The molecule has 0 aliphatic carbocycles. The van der Waals surface area contributed by atoms with Crippen LogP contribution in [-0.2, 0) is 0 Å². The number of alkyl halides is 2. The van der Waals surface area contributed by atoms with E-state index in [1.54, 1.807) is 24.3 Å². The maximum atomic E-state index is 12.6. The minimum absolute atomic E-state index is 0.105. The second-order valence-electron chi connectivity index (χ2n) is 3.51. The van der Waals surface area contributed by atoms with E-state index in [4.69, 9.17) is 10.0 Å². The van der Waals surface area contributed by atoms with Gasteiger partial charge in [0.2, 0.25) is 0 Å². The van der Waals surface area contributed by atoms with E-state index in [0.29, 0.717) is 10.8 Å². The number of hydrogen-bond acceptors (Lipinski definition) is 2. The van der Waals surface area contributed by atoms with E-state index in [1.807, 2.05) is 0 Å². The number of benzene rings is 2. The molecule has 16 heavy (non-hydrogen) atoms. The molecule has 0 spiro atoms. The fourth-order valence-electron chi connectivity index (χ4n) is 1.70. The quantitative estimate of drug-likeness (QED) is 0.755. The van der Waals surface area contributed by atoms with E-state index in [-0.39, 0.29) is 11.0 Å². The van der Waals surface area contributed by atoms with Gasteiger partial charge in [-0.3, -0.25) is 0 Å². The minimum Gasteiger partial charge on any atom is -0.423 e. The summed E-state index contributed by atoms with van der Waals surface area (Å²) in [4.78, 5) is 0. The summed E-state index contributed by atoms with van der Waals surface area (Å²) in [6, 6.07) is 9.23. The zero-order valence-electron chi connectivity index (χ0n) is 8.27. The Bertz CT molecular complexity index is 514. The third-order valence-corrected chi connectivity index (χ3v) is 2.45. The summed E-state index contributed by atoms with van der Waals surface area (Å²) in [5, 5.41) is 19.4. The summed E-state index contributed by atoms with van der Waals surface area (Å²) in [6.07, 6.45) is -2.62. The molecule has 2 aromatic rings. The van der Waals surface area contributed by atoms with Crippen LogP contribution in [-0.4, -0.2) is 17.2 Å². The van der Waals surface area contributed by atoms with Gasteiger partial charge in [0.05, 0.1) is 0 Å². The molecule has 0 aromatic heterocycles. The number of fused-ring (bicyclic) bond motifs is 1. The highest BCUT2D eigenvalue weighted by Crippen LogP contribution is 2.22. The van der Waals surface area contributed by atoms with Gasteiger partial charge in [0, 0.05) is 5.56 Å². The third-order valence-electron chi connectivity index (χ3n) is 2.45. The Kier molecular flexibility index (Phi) is 2.89. The zero-order chi connectivity index (χ0) is 11.7. The predicted molar refractivity (Wildman–Crippen MR) is 58.7 cm³/mol. The first-order valence-corrected chi connectivity index (χ1v) is 4.76. The van der Waals surface area contributed by atoms with Gasteiger partial charge in [0.25, 0.3) is 6.43 Å². The Balaban J connectivity index is 2.74.